The first kappa shape index (κ1) is 35.4. The van der Waals surface area contributed by atoms with E-state index in [2.05, 4.69) is 0 Å². The van der Waals surface area contributed by atoms with Crippen LogP contribution in [-0.4, -0.2) is 84.3 Å². The van der Waals surface area contributed by atoms with Gasteiger partial charge in [0.1, 0.15) is 11.6 Å². The van der Waals surface area contributed by atoms with E-state index in [0.717, 1.165) is 0 Å². The van der Waals surface area contributed by atoms with Crippen molar-refractivity contribution >= 4 is 37.0 Å². The van der Waals surface area contributed by atoms with Gasteiger partial charge in [0.25, 0.3) is 11.8 Å². The average Bonchev–Trinajstić information content (AvgIpc) is 3.09. The van der Waals surface area contributed by atoms with E-state index >= 15 is 0 Å². The van der Waals surface area contributed by atoms with Crippen molar-refractivity contribution in [3.63, 3.8) is 0 Å². The molecular formula is C30H44B2F2N2O6. The third-order valence-corrected chi connectivity index (χ3v) is 7.27. The highest BCUT2D eigenvalue weighted by molar-refractivity contribution is 6.62. The summed E-state index contributed by atoms with van der Waals surface area (Å²) in [6, 6.07) is 8.77. The van der Waals surface area contributed by atoms with Gasteiger partial charge in [-0.05, 0) is 51.7 Å². The number of hydrogen-bond acceptors (Lipinski definition) is 6. The number of rotatable bonds is 8. The van der Waals surface area contributed by atoms with E-state index in [0.29, 0.717) is 19.0 Å². The molecule has 0 aliphatic carbocycles. The van der Waals surface area contributed by atoms with Gasteiger partial charge in [0, 0.05) is 38.1 Å². The number of hydrogen-bond donors (Lipinski definition) is 2. The van der Waals surface area contributed by atoms with Gasteiger partial charge in [-0.1, -0.05) is 52.0 Å². The number of amides is 2. The quantitative estimate of drug-likeness (QED) is 0.461. The summed E-state index contributed by atoms with van der Waals surface area (Å²) in [6.07, 6.45) is 0. The van der Waals surface area contributed by atoms with Crippen LogP contribution in [-0.2, 0) is 9.31 Å². The molecule has 2 amide bonds. The molecule has 0 bridgehead atoms. The summed E-state index contributed by atoms with van der Waals surface area (Å²) >= 11 is 0. The smallest absolute Gasteiger partial charge is 0.423 e. The monoisotopic (exact) mass is 588 g/mol. The highest BCUT2D eigenvalue weighted by atomic mass is 19.1. The Hall–Kier alpha value is -2.79. The SMILES string of the molecule is CC(C)CN(C)C(=O)c1cccc(B(O)O)c1F.CC(C)CN(C)C(=O)c1cccc(B2OC(C)(C)C(C)(C)O2)c1F. The molecule has 0 unspecified atom stereocenters. The second-order valence-corrected chi connectivity index (χ2v) is 12.5. The van der Waals surface area contributed by atoms with Gasteiger partial charge in [-0.2, -0.15) is 0 Å². The molecule has 2 aromatic carbocycles. The van der Waals surface area contributed by atoms with Gasteiger partial charge in [-0.15, -0.1) is 0 Å². The van der Waals surface area contributed by atoms with E-state index in [-0.39, 0.29) is 33.9 Å². The van der Waals surface area contributed by atoms with Gasteiger partial charge < -0.3 is 29.2 Å². The summed E-state index contributed by atoms with van der Waals surface area (Å²) in [5.41, 5.74) is -1.25. The van der Waals surface area contributed by atoms with Crippen LogP contribution in [0.3, 0.4) is 0 Å². The lowest BCUT2D eigenvalue weighted by Gasteiger charge is -2.32. The molecule has 1 aliphatic heterocycles. The van der Waals surface area contributed by atoms with Crippen LogP contribution in [0.2, 0.25) is 0 Å². The fraction of sp³-hybridized carbons (Fsp3) is 0.533. The molecule has 2 N–H and O–H groups in total. The van der Waals surface area contributed by atoms with E-state index < -0.39 is 43.0 Å². The predicted octanol–water partition coefficient (Wildman–Crippen LogP) is 3.09. The Kier molecular flexibility index (Phi) is 11.9. The van der Waals surface area contributed by atoms with Gasteiger partial charge in [-0.3, -0.25) is 9.59 Å². The first-order valence-corrected chi connectivity index (χ1v) is 14.1. The molecule has 8 nitrogen and oxygen atoms in total. The molecule has 42 heavy (non-hydrogen) atoms. The average molecular weight is 588 g/mol. The van der Waals surface area contributed by atoms with Crippen molar-refractivity contribution in [3.05, 3.63) is 59.2 Å². The lowest BCUT2D eigenvalue weighted by Crippen LogP contribution is -2.41. The zero-order valence-corrected chi connectivity index (χ0v) is 26.4. The van der Waals surface area contributed by atoms with Crippen molar-refractivity contribution in [1.82, 2.24) is 9.80 Å². The molecule has 1 saturated heterocycles. The minimum Gasteiger partial charge on any atom is -0.423 e. The minimum atomic E-state index is -1.92. The van der Waals surface area contributed by atoms with Crippen LogP contribution in [0.1, 0.15) is 76.1 Å². The molecule has 12 heteroatoms. The Balaban J connectivity index is 0.000000307. The molecule has 0 atom stereocenters. The maximum absolute atomic E-state index is 15.0. The number of carbonyl (C=O) groups is 2. The summed E-state index contributed by atoms with van der Waals surface area (Å²) in [4.78, 5) is 27.5. The topological polar surface area (TPSA) is 99.5 Å². The maximum atomic E-state index is 15.0. The summed E-state index contributed by atoms with van der Waals surface area (Å²) in [5, 5.41) is 18.0. The van der Waals surface area contributed by atoms with Crippen LogP contribution in [0.5, 0.6) is 0 Å². The third kappa shape index (κ3) is 8.40. The molecule has 230 valence electrons. The molecule has 2 aromatic rings. The maximum Gasteiger partial charge on any atom is 0.497 e. The second kappa shape index (κ2) is 14.1. The zero-order chi connectivity index (χ0) is 32.2. The Morgan fingerprint density at radius 2 is 1.21 bits per heavy atom. The fourth-order valence-electron chi connectivity index (χ4n) is 4.45. The lowest BCUT2D eigenvalue weighted by molar-refractivity contribution is 0.00578. The lowest BCUT2D eigenvalue weighted by atomic mass is 9.77. The first-order chi connectivity index (χ1) is 19.3. The fourth-order valence-corrected chi connectivity index (χ4v) is 4.45. The molecule has 0 aromatic heterocycles. The standard InChI is InChI=1S/C18H27BFNO3.C12H17BFNO3/c1-12(2)11-21(7)16(22)13-9-8-10-14(15(13)20)19-23-17(3,4)18(5,6)24-19;1-8(2)7-15(3)12(16)9-5-4-6-10(11(9)14)13(17)18/h8-10,12H,11H2,1-7H3;4-6,8,17-18H,7H2,1-3H3. The summed E-state index contributed by atoms with van der Waals surface area (Å²) in [6.45, 7) is 16.7. The molecular weight excluding hydrogens is 544 g/mol. The molecule has 3 rings (SSSR count). The Labute approximate surface area is 249 Å². The number of benzene rings is 2. The van der Waals surface area contributed by atoms with E-state index in [1.54, 1.807) is 26.2 Å². The van der Waals surface area contributed by atoms with E-state index in [4.69, 9.17) is 19.4 Å². The van der Waals surface area contributed by atoms with Crippen molar-refractivity contribution in [1.29, 1.82) is 0 Å². The van der Waals surface area contributed by atoms with Crippen molar-refractivity contribution in [2.45, 2.75) is 66.6 Å². The van der Waals surface area contributed by atoms with Crippen LogP contribution in [0.25, 0.3) is 0 Å². The van der Waals surface area contributed by atoms with Gasteiger partial charge in [0.15, 0.2) is 0 Å². The second-order valence-electron chi connectivity index (χ2n) is 12.5. The van der Waals surface area contributed by atoms with Crippen molar-refractivity contribution in [2.75, 3.05) is 27.2 Å². The Morgan fingerprint density at radius 1 is 0.810 bits per heavy atom. The van der Waals surface area contributed by atoms with Crippen molar-refractivity contribution < 1.29 is 37.7 Å². The van der Waals surface area contributed by atoms with Crippen molar-refractivity contribution in [2.24, 2.45) is 11.8 Å². The highest BCUT2D eigenvalue weighted by Crippen LogP contribution is 2.36. The predicted molar refractivity (Wildman–Crippen MR) is 162 cm³/mol. The van der Waals surface area contributed by atoms with Gasteiger partial charge in [-0.25, -0.2) is 8.78 Å². The molecule has 0 radical (unpaired) electrons. The molecule has 0 saturated carbocycles. The van der Waals surface area contributed by atoms with Crippen LogP contribution >= 0.6 is 0 Å². The van der Waals surface area contributed by atoms with Crippen molar-refractivity contribution in [3.8, 4) is 0 Å². The van der Waals surface area contributed by atoms with Gasteiger partial charge in [0.2, 0.25) is 0 Å². The highest BCUT2D eigenvalue weighted by Gasteiger charge is 2.52. The molecule has 1 fully saturated rings. The zero-order valence-electron chi connectivity index (χ0n) is 26.4. The number of halogens is 2. The Morgan fingerprint density at radius 3 is 1.62 bits per heavy atom. The van der Waals surface area contributed by atoms with E-state index in [1.165, 1.54) is 34.1 Å². The van der Waals surface area contributed by atoms with Crippen LogP contribution < -0.4 is 10.9 Å². The van der Waals surface area contributed by atoms with E-state index in [1.807, 2.05) is 55.4 Å². The van der Waals surface area contributed by atoms with Gasteiger partial charge >= 0.3 is 14.2 Å². The number of carbonyl (C=O) groups excluding carboxylic acids is 2. The van der Waals surface area contributed by atoms with Crippen LogP contribution in [0.15, 0.2) is 36.4 Å². The Bertz CT molecular complexity index is 1240. The molecule has 0 spiro atoms. The third-order valence-electron chi connectivity index (χ3n) is 7.27. The number of nitrogens with zero attached hydrogens (tertiary/aromatic N) is 2. The molecule has 1 heterocycles. The largest absolute Gasteiger partial charge is 0.497 e. The summed E-state index contributed by atoms with van der Waals surface area (Å²) in [5.74, 6) is -1.67. The van der Waals surface area contributed by atoms with Gasteiger partial charge in [0.05, 0.1) is 22.3 Å². The van der Waals surface area contributed by atoms with E-state index in [9.17, 15) is 18.4 Å². The van der Waals surface area contributed by atoms with Crippen LogP contribution in [0.4, 0.5) is 8.78 Å². The summed E-state index contributed by atoms with van der Waals surface area (Å²) < 4.78 is 40.7. The molecule has 1 aliphatic rings. The summed E-state index contributed by atoms with van der Waals surface area (Å²) in [7, 11) is 0.527. The minimum absolute atomic E-state index is 0.0466. The first-order valence-electron chi connectivity index (χ1n) is 14.1. The van der Waals surface area contributed by atoms with Crippen LogP contribution in [0, 0.1) is 23.5 Å². The normalized spacial score (nSPS) is 15.4.